The summed E-state index contributed by atoms with van der Waals surface area (Å²) in [4.78, 5) is 13.9. The fraction of sp³-hybridized carbons (Fsp3) is 0.611. The Hall–Kier alpha value is -1.07. The van der Waals surface area contributed by atoms with Crippen molar-refractivity contribution >= 4 is 22.0 Å². The van der Waals surface area contributed by atoms with Gasteiger partial charge in [-0.3, -0.25) is 0 Å². The summed E-state index contributed by atoms with van der Waals surface area (Å²) in [6.07, 6.45) is -0.178. The van der Waals surface area contributed by atoms with Crippen LogP contribution >= 0.6 is 15.9 Å². The number of rotatable bonds is 3. The van der Waals surface area contributed by atoms with Crippen LogP contribution in [0.5, 0.6) is 0 Å². The highest BCUT2D eigenvalue weighted by atomic mass is 79.9. The number of amides is 1. The van der Waals surface area contributed by atoms with Gasteiger partial charge < -0.3 is 15.0 Å². The first-order chi connectivity index (χ1) is 10.8. The van der Waals surface area contributed by atoms with E-state index in [2.05, 4.69) is 46.4 Å². The Morgan fingerprint density at radius 2 is 1.91 bits per heavy atom. The molecule has 1 aliphatic heterocycles. The third-order valence-electron chi connectivity index (χ3n) is 4.66. The summed E-state index contributed by atoms with van der Waals surface area (Å²) in [6, 6.07) is 9.13. The second-order valence-electron chi connectivity index (χ2n) is 7.65. The van der Waals surface area contributed by atoms with Crippen molar-refractivity contribution in [3.05, 3.63) is 34.3 Å². The van der Waals surface area contributed by atoms with Gasteiger partial charge in [0.2, 0.25) is 0 Å². The van der Waals surface area contributed by atoms with Gasteiger partial charge in [-0.1, -0.05) is 34.1 Å². The smallest absolute Gasteiger partial charge is 0.410 e. The summed E-state index contributed by atoms with van der Waals surface area (Å²) in [5.74, 6) is 1.12. The number of fused-ring (bicyclic) bond motifs is 1. The van der Waals surface area contributed by atoms with Crippen LogP contribution in [0.2, 0.25) is 0 Å². The molecule has 23 heavy (non-hydrogen) atoms. The van der Waals surface area contributed by atoms with E-state index >= 15 is 0 Å². The molecule has 1 N–H and O–H groups in total. The Morgan fingerprint density at radius 1 is 1.30 bits per heavy atom. The molecule has 126 valence electrons. The van der Waals surface area contributed by atoms with Crippen LogP contribution in [-0.2, 0) is 4.74 Å². The number of nitrogens with zero attached hydrogens (tertiary/aromatic N) is 1. The van der Waals surface area contributed by atoms with Crippen molar-refractivity contribution in [1.82, 2.24) is 10.2 Å². The summed E-state index contributed by atoms with van der Waals surface area (Å²) >= 11 is 3.62. The maximum Gasteiger partial charge on any atom is 0.410 e. The lowest BCUT2D eigenvalue weighted by Gasteiger charge is -2.26. The minimum atomic E-state index is -0.421. The molecule has 2 aliphatic rings. The fourth-order valence-corrected chi connectivity index (χ4v) is 4.08. The number of carbonyl (C=O) groups excluding carboxylic acids is 1. The number of carbonyl (C=O) groups is 1. The van der Waals surface area contributed by atoms with Crippen LogP contribution in [0, 0.1) is 11.8 Å². The minimum absolute atomic E-state index is 0.178. The number of nitrogens with one attached hydrogen (secondary N) is 1. The second-order valence-corrected chi connectivity index (χ2v) is 8.50. The zero-order chi connectivity index (χ0) is 16.8. The van der Waals surface area contributed by atoms with E-state index in [4.69, 9.17) is 4.74 Å². The highest BCUT2D eigenvalue weighted by Crippen LogP contribution is 2.47. The molecule has 1 aliphatic carbocycles. The molecule has 1 heterocycles. The molecule has 3 unspecified atom stereocenters. The van der Waals surface area contributed by atoms with Gasteiger partial charge in [-0.25, -0.2) is 4.79 Å². The van der Waals surface area contributed by atoms with E-state index in [1.165, 1.54) is 5.56 Å². The first kappa shape index (κ1) is 16.8. The van der Waals surface area contributed by atoms with E-state index in [1.807, 2.05) is 31.7 Å². The minimum Gasteiger partial charge on any atom is -0.444 e. The van der Waals surface area contributed by atoms with E-state index in [9.17, 15) is 4.79 Å². The van der Waals surface area contributed by atoms with E-state index in [-0.39, 0.29) is 6.09 Å². The van der Waals surface area contributed by atoms with E-state index in [0.29, 0.717) is 23.9 Å². The lowest BCUT2D eigenvalue weighted by molar-refractivity contribution is 0.0269. The Balaban J connectivity index is 1.51. The van der Waals surface area contributed by atoms with E-state index < -0.39 is 5.60 Å². The number of hydrogen-bond donors (Lipinski definition) is 1. The molecule has 3 rings (SSSR count). The summed E-state index contributed by atoms with van der Waals surface area (Å²) in [5.41, 5.74) is 0.858. The lowest BCUT2D eigenvalue weighted by Crippen LogP contribution is -2.39. The zero-order valence-electron chi connectivity index (χ0n) is 14.2. The molecule has 2 fully saturated rings. The average molecular weight is 381 g/mol. The van der Waals surface area contributed by atoms with Crippen LogP contribution < -0.4 is 5.32 Å². The van der Waals surface area contributed by atoms with Gasteiger partial charge in [0.25, 0.3) is 0 Å². The maximum atomic E-state index is 12.1. The molecule has 0 bridgehead atoms. The number of likely N-dealkylation sites (tertiary alicyclic amines) is 1. The Bertz CT molecular complexity index is 587. The normalized spacial score (nSPS) is 27.5. The first-order valence-electron chi connectivity index (χ1n) is 8.24. The summed E-state index contributed by atoms with van der Waals surface area (Å²) in [6.45, 7) is 9.53. The SMILES string of the molecule is CC(NC1C2CN(C(=O)OC(C)(C)C)CC21)c1ccccc1Br. The van der Waals surface area contributed by atoms with Crippen LogP contribution in [0.4, 0.5) is 4.79 Å². The summed E-state index contributed by atoms with van der Waals surface area (Å²) < 4.78 is 6.59. The van der Waals surface area contributed by atoms with Gasteiger partial charge in [0.1, 0.15) is 5.60 Å². The van der Waals surface area contributed by atoms with Gasteiger partial charge in [0.05, 0.1) is 0 Å². The standard InChI is InChI=1S/C18H25BrN2O2/c1-11(12-7-5-6-8-15(12)19)20-16-13-9-21(10-14(13)16)17(22)23-18(2,3)4/h5-8,11,13-14,16,20H,9-10H2,1-4H3. The van der Waals surface area contributed by atoms with Crippen molar-refractivity contribution in [2.24, 2.45) is 11.8 Å². The monoisotopic (exact) mass is 380 g/mol. The van der Waals surface area contributed by atoms with Crippen molar-refractivity contribution in [2.45, 2.75) is 45.4 Å². The molecule has 1 aromatic rings. The van der Waals surface area contributed by atoms with E-state index in [1.54, 1.807) is 0 Å². The van der Waals surface area contributed by atoms with Gasteiger partial charge in [0.15, 0.2) is 0 Å². The highest BCUT2D eigenvalue weighted by molar-refractivity contribution is 9.10. The second kappa shape index (κ2) is 6.10. The number of piperidine rings is 1. The summed E-state index contributed by atoms with van der Waals surface area (Å²) in [5, 5.41) is 3.71. The Labute approximate surface area is 146 Å². The third-order valence-corrected chi connectivity index (χ3v) is 5.38. The van der Waals surface area contributed by atoms with Crippen molar-refractivity contribution < 1.29 is 9.53 Å². The molecular weight excluding hydrogens is 356 g/mol. The maximum absolute atomic E-state index is 12.1. The zero-order valence-corrected chi connectivity index (χ0v) is 15.8. The fourth-order valence-electron chi connectivity index (χ4n) is 3.45. The number of ether oxygens (including phenoxy) is 1. The molecule has 0 aromatic heterocycles. The van der Waals surface area contributed by atoms with Gasteiger partial charge in [0, 0.05) is 29.6 Å². The van der Waals surface area contributed by atoms with Crippen LogP contribution in [0.15, 0.2) is 28.7 Å². The molecule has 1 saturated heterocycles. The number of benzene rings is 1. The number of hydrogen-bond acceptors (Lipinski definition) is 3. The Kier molecular flexibility index (Phi) is 4.45. The van der Waals surface area contributed by atoms with E-state index in [0.717, 1.165) is 17.6 Å². The molecule has 1 saturated carbocycles. The predicted molar refractivity (Wildman–Crippen MR) is 94.3 cm³/mol. The topological polar surface area (TPSA) is 41.6 Å². The molecule has 3 atom stereocenters. The molecular formula is C18H25BrN2O2. The molecule has 4 nitrogen and oxygen atoms in total. The Morgan fingerprint density at radius 3 is 2.48 bits per heavy atom. The van der Waals surface area contributed by atoms with Crippen molar-refractivity contribution in [1.29, 1.82) is 0 Å². The molecule has 0 spiro atoms. The van der Waals surface area contributed by atoms with Crippen molar-refractivity contribution in [3.8, 4) is 0 Å². The molecule has 0 radical (unpaired) electrons. The first-order valence-corrected chi connectivity index (χ1v) is 9.04. The van der Waals surface area contributed by atoms with Gasteiger partial charge in [-0.15, -0.1) is 0 Å². The molecule has 5 heteroatoms. The molecule has 1 aromatic carbocycles. The van der Waals surface area contributed by atoms with Crippen molar-refractivity contribution in [2.75, 3.05) is 13.1 Å². The molecule has 1 amide bonds. The van der Waals surface area contributed by atoms with Crippen LogP contribution in [0.3, 0.4) is 0 Å². The average Bonchev–Trinajstić information content (AvgIpc) is 2.90. The largest absolute Gasteiger partial charge is 0.444 e. The number of halogens is 1. The van der Waals surface area contributed by atoms with Crippen LogP contribution in [0.1, 0.15) is 39.3 Å². The quantitative estimate of drug-likeness (QED) is 0.862. The van der Waals surface area contributed by atoms with Crippen LogP contribution in [-0.4, -0.2) is 35.7 Å². The predicted octanol–water partition coefficient (Wildman–Crippen LogP) is 3.97. The van der Waals surface area contributed by atoms with Gasteiger partial charge in [-0.05, 0) is 51.2 Å². The lowest BCUT2D eigenvalue weighted by atomic mass is 10.1. The van der Waals surface area contributed by atoms with Gasteiger partial charge >= 0.3 is 6.09 Å². The van der Waals surface area contributed by atoms with Crippen molar-refractivity contribution in [3.63, 3.8) is 0 Å². The third kappa shape index (κ3) is 3.72. The van der Waals surface area contributed by atoms with Gasteiger partial charge in [-0.2, -0.15) is 0 Å². The summed E-state index contributed by atoms with van der Waals surface area (Å²) in [7, 11) is 0. The van der Waals surface area contributed by atoms with Crippen LogP contribution in [0.25, 0.3) is 0 Å². The highest BCUT2D eigenvalue weighted by Gasteiger charge is 2.57.